The lowest BCUT2D eigenvalue weighted by atomic mass is 9.34. The third kappa shape index (κ3) is 3.78. The molecule has 0 aliphatic heterocycles. The highest BCUT2D eigenvalue weighted by atomic mass is 19.4. The number of imidazole rings is 1. The van der Waals surface area contributed by atoms with Crippen molar-refractivity contribution in [3.63, 3.8) is 0 Å². The van der Waals surface area contributed by atoms with Crippen LogP contribution in [0.2, 0.25) is 0 Å². The Labute approximate surface area is 257 Å². The van der Waals surface area contributed by atoms with Crippen LogP contribution in [0.5, 0.6) is 0 Å². The maximum absolute atomic E-state index is 14.6. The van der Waals surface area contributed by atoms with Crippen molar-refractivity contribution in [2.24, 2.45) is 50.2 Å². The Morgan fingerprint density at radius 1 is 1.02 bits per heavy atom. The molecule has 0 N–H and O–H groups in total. The fourth-order valence-electron chi connectivity index (χ4n) is 10.9. The Hall–Kier alpha value is -3.02. The van der Waals surface area contributed by atoms with Crippen LogP contribution in [0, 0.1) is 56.8 Å². The zero-order valence-corrected chi connectivity index (χ0v) is 26.7. The molecule has 6 nitrogen and oxygen atoms in total. The van der Waals surface area contributed by atoms with Crippen LogP contribution in [0.15, 0.2) is 35.9 Å². The van der Waals surface area contributed by atoms with Gasteiger partial charge in [0, 0.05) is 16.7 Å². The predicted octanol–water partition coefficient (Wildman–Crippen LogP) is 8.11. The Morgan fingerprint density at radius 3 is 2.32 bits per heavy atom. The smallest absolute Gasteiger partial charge is 0.307 e. The SMILES string of the molecule is [C-]#[N+]C1=CC2(C)C3=CC(=O)C4C5CC(C)(C)CCC5(C(=O)n5cncc5C(F)(F)F)CCC4(C)C3(C)CCC2C(C)(C)C1=O. The Kier molecular flexibility index (Phi) is 6.36. The number of carbonyl (C=O) groups is 3. The van der Waals surface area contributed by atoms with E-state index in [0.29, 0.717) is 42.9 Å². The van der Waals surface area contributed by atoms with Crippen LogP contribution in [-0.2, 0) is 15.8 Å². The second-order valence-electron chi connectivity index (χ2n) is 16.3. The van der Waals surface area contributed by atoms with E-state index < -0.39 is 56.7 Å². The van der Waals surface area contributed by atoms with Crippen LogP contribution in [0.4, 0.5) is 13.2 Å². The molecule has 5 aliphatic rings. The van der Waals surface area contributed by atoms with Gasteiger partial charge in [0.1, 0.15) is 12.0 Å². The van der Waals surface area contributed by atoms with Gasteiger partial charge in [0.25, 0.3) is 0 Å². The first-order valence-electron chi connectivity index (χ1n) is 15.8. The number of carbonyl (C=O) groups excluding carboxylic acids is 3. The van der Waals surface area contributed by atoms with E-state index in [0.717, 1.165) is 24.7 Å². The number of hydrogen-bond donors (Lipinski definition) is 0. The molecule has 0 aromatic carbocycles. The summed E-state index contributed by atoms with van der Waals surface area (Å²) in [6, 6.07) is 0. The second-order valence-corrected chi connectivity index (χ2v) is 16.3. The minimum Gasteiger partial charge on any atom is -0.307 e. The molecule has 6 rings (SSSR count). The van der Waals surface area contributed by atoms with Crippen LogP contribution in [0.3, 0.4) is 0 Å². The number of Topliss-reactive ketones (excluding diaryl/α,β-unsaturated/α-hetero) is 1. The molecule has 5 aliphatic carbocycles. The minimum absolute atomic E-state index is 0.0832. The number of nitrogens with zero attached hydrogens (tertiary/aromatic N) is 3. The highest BCUT2D eigenvalue weighted by Gasteiger charge is 2.71. The quantitative estimate of drug-likeness (QED) is 0.302. The maximum Gasteiger partial charge on any atom is 0.433 e. The largest absolute Gasteiger partial charge is 0.433 e. The lowest BCUT2D eigenvalue weighted by Gasteiger charge is -2.69. The van der Waals surface area contributed by atoms with Gasteiger partial charge >= 0.3 is 6.18 Å². The summed E-state index contributed by atoms with van der Waals surface area (Å²) < 4.78 is 42.6. The molecule has 7 atom stereocenters. The first kappa shape index (κ1) is 31.0. The minimum atomic E-state index is -4.73. The lowest BCUT2D eigenvalue weighted by molar-refractivity contribution is -0.165. The molecule has 9 heteroatoms. The molecule has 3 saturated carbocycles. The fourth-order valence-corrected chi connectivity index (χ4v) is 10.9. The number of halogens is 3. The zero-order chi connectivity index (χ0) is 32.5. The van der Waals surface area contributed by atoms with Crippen LogP contribution < -0.4 is 0 Å². The molecule has 44 heavy (non-hydrogen) atoms. The fraction of sp³-hybridized carbons (Fsp3) is 0.686. The summed E-state index contributed by atoms with van der Waals surface area (Å²) >= 11 is 0. The number of alkyl halides is 3. The zero-order valence-electron chi connectivity index (χ0n) is 26.7. The molecule has 3 fully saturated rings. The number of ketones is 2. The summed E-state index contributed by atoms with van der Waals surface area (Å²) in [6.07, 6.45) is 4.53. The number of allylic oxidation sites excluding steroid dienone is 4. The van der Waals surface area contributed by atoms with Gasteiger partial charge in [-0.2, -0.15) is 13.2 Å². The molecule has 0 spiro atoms. The number of fused-ring (bicyclic) bond motifs is 7. The molecular weight excluding hydrogens is 567 g/mol. The summed E-state index contributed by atoms with van der Waals surface area (Å²) in [5.41, 5.74) is -3.81. The van der Waals surface area contributed by atoms with Crippen molar-refractivity contribution in [1.82, 2.24) is 9.55 Å². The van der Waals surface area contributed by atoms with Crippen molar-refractivity contribution in [2.45, 2.75) is 99.6 Å². The van der Waals surface area contributed by atoms with Crippen molar-refractivity contribution in [3.8, 4) is 0 Å². The van der Waals surface area contributed by atoms with Crippen LogP contribution in [0.25, 0.3) is 4.85 Å². The van der Waals surface area contributed by atoms with E-state index >= 15 is 0 Å². The lowest BCUT2D eigenvalue weighted by Crippen LogP contribution is -2.66. The third-order valence-corrected chi connectivity index (χ3v) is 13.4. The molecule has 236 valence electrons. The van der Waals surface area contributed by atoms with Crippen LogP contribution in [-0.4, -0.2) is 27.0 Å². The molecular formula is C35H42F3N3O3. The highest BCUT2D eigenvalue weighted by Crippen LogP contribution is 2.74. The van der Waals surface area contributed by atoms with Gasteiger partial charge in [-0.3, -0.25) is 14.2 Å². The molecule has 1 heterocycles. The van der Waals surface area contributed by atoms with Crippen LogP contribution >= 0.6 is 0 Å². The summed E-state index contributed by atoms with van der Waals surface area (Å²) in [7, 11) is 0. The van der Waals surface area contributed by atoms with Crippen LogP contribution in [0.1, 0.15) is 104 Å². The predicted molar refractivity (Wildman–Crippen MR) is 158 cm³/mol. The van der Waals surface area contributed by atoms with Crippen molar-refractivity contribution >= 4 is 17.5 Å². The number of rotatable bonds is 1. The van der Waals surface area contributed by atoms with Gasteiger partial charge in [0.15, 0.2) is 11.6 Å². The van der Waals surface area contributed by atoms with Crippen molar-refractivity contribution in [3.05, 3.63) is 53.1 Å². The topological polar surface area (TPSA) is 73.4 Å². The first-order chi connectivity index (χ1) is 20.2. The molecule has 0 saturated heterocycles. The molecule has 0 bridgehead atoms. The van der Waals surface area contributed by atoms with E-state index in [-0.39, 0.29) is 28.6 Å². The average Bonchev–Trinajstić information content (AvgIpc) is 3.42. The van der Waals surface area contributed by atoms with Gasteiger partial charge in [0.2, 0.25) is 11.6 Å². The monoisotopic (exact) mass is 609 g/mol. The van der Waals surface area contributed by atoms with Crippen molar-refractivity contribution < 1.29 is 27.6 Å². The maximum atomic E-state index is 14.6. The Balaban J connectivity index is 1.52. The van der Waals surface area contributed by atoms with E-state index in [2.05, 4.69) is 44.4 Å². The normalized spacial score (nSPS) is 40.8. The molecule has 7 unspecified atom stereocenters. The van der Waals surface area contributed by atoms with Crippen molar-refractivity contribution in [1.29, 1.82) is 0 Å². The molecule has 0 amide bonds. The highest BCUT2D eigenvalue weighted by molar-refractivity contribution is 6.03. The first-order valence-corrected chi connectivity index (χ1v) is 15.8. The summed E-state index contributed by atoms with van der Waals surface area (Å²) in [6.45, 7) is 22.2. The number of hydrogen-bond acceptors (Lipinski definition) is 4. The Bertz CT molecular complexity index is 1590. The van der Waals surface area contributed by atoms with Gasteiger partial charge in [-0.05, 0) is 79.1 Å². The third-order valence-electron chi connectivity index (χ3n) is 13.4. The summed E-state index contributed by atoms with van der Waals surface area (Å²) in [4.78, 5) is 49.6. The standard InChI is InChI=1S/C35H42F3N3O3/c1-29(2)11-13-34(28(44)41-19-40-18-25(41)35(36,37)38)14-12-33(7)26(20(34)16-29)22(42)15-24-31(5)17-21(39-8)27(43)30(3,4)23(31)9-10-32(24,33)6/h15,17-20,23,26H,9-14,16H2,1-7H3. The molecule has 0 radical (unpaired) electrons. The second kappa shape index (κ2) is 9.04. The van der Waals surface area contributed by atoms with E-state index in [1.165, 1.54) is 0 Å². The van der Waals surface area contributed by atoms with Gasteiger partial charge in [-0.1, -0.05) is 60.1 Å². The van der Waals surface area contributed by atoms with Gasteiger partial charge in [0.05, 0.1) is 18.2 Å². The Morgan fingerprint density at radius 2 is 1.68 bits per heavy atom. The van der Waals surface area contributed by atoms with Gasteiger partial charge in [-0.25, -0.2) is 9.83 Å². The average molecular weight is 610 g/mol. The summed E-state index contributed by atoms with van der Waals surface area (Å²) in [5, 5.41) is 0. The van der Waals surface area contributed by atoms with E-state index in [1.54, 1.807) is 12.2 Å². The summed E-state index contributed by atoms with van der Waals surface area (Å²) in [5.74, 6) is -1.92. The number of aromatic nitrogens is 2. The van der Waals surface area contributed by atoms with Gasteiger partial charge < -0.3 is 4.79 Å². The van der Waals surface area contributed by atoms with E-state index in [1.807, 2.05) is 13.8 Å². The van der Waals surface area contributed by atoms with E-state index in [9.17, 15) is 27.6 Å². The van der Waals surface area contributed by atoms with Gasteiger partial charge in [-0.15, -0.1) is 0 Å². The van der Waals surface area contributed by atoms with E-state index in [4.69, 9.17) is 6.57 Å². The molecule has 1 aromatic rings. The molecule has 1 aromatic heterocycles. The van der Waals surface area contributed by atoms with Crippen molar-refractivity contribution in [2.75, 3.05) is 0 Å².